The largest absolute Gasteiger partial charge is 0.287 e. The Morgan fingerprint density at radius 2 is 2.13 bits per heavy atom. The normalized spacial score (nSPS) is 28.9. The molecule has 76 valence electrons. The highest BCUT2D eigenvalue weighted by Gasteiger charge is 2.41. The van der Waals surface area contributed by atoms with Crippen LogP contribution in [0.4, 0.5) is 0 Å². The van der Waals surface area contributed by atoms with Gasteiger partial charge in [0.25, 0.3) is 0 Å². The van der Waals surface area contributed by atoms with Crippen LogP contribution < -0.4 is 0 Å². The second-order valence-electron chi connectivity index (χ2n) is 3.88. The first-order valence-electron chi connectivity index (χ1n) is 5.19. The Labute approximate surface area is 90.4 Å². The molecule has 0 radical (unpaired) electrons. The van der Waals surface area contributed by atoms with Crippen molar-refractivity contribution in [2.75, 3.05) is 0 Å². The minimum atomic E-state index is 0.449. The minimum absolute atomic E-state index is 0.449. The Balaban J connectivity index is 1.94. The van der Waals surface area contributed by atoms with Crippen LogP contribution in [-0.4, -0.2) is 17.0 Å². The van der Waals surface area contributed by atoms with Gasteiger partial charge in [0.2, 0.25) is 0 Å². The van der Waals surface area contributed by atoms with Gasteiger partial charge in [-0.3, -0.25) is 4.90 Å². The van der Waals surface area contributed by atoms with Gasteiger partial charge in [-0.05, 0) is 12.5 Å². The average molecular weight is 198 g/mol. The summed E-state index contributed by atoms with van der Waals surface area (Å²) in [5, 5.41) is 8.45. The van der Waals surface area contributed by atoms with Gasteiger partial charge >= 0.3 is 0 Å². The number of hydrogen-bond acceptors (Lipinski definition) is 2. The highest BCUT2D eigenvalue weighted by Crippen LogP contribution is 2.30. The van der Waals surface area contributed by atoms with E-state index in [9.17, 15) is 0 Å². The Morgan fingerprint density at radius 3 is 2.80 bits per heavy atom. The molecule has 2 heteroatoms. The molecular formula is C13H14N2. The molecule has 2 rings (SSSR count). The zero-order chi connectivity index (χ0) is 10.7. The smallest absolute Gasteiger partial charge is 0.0909 e. The summed E-state index contributed by atoms with van der Waals surface area (Å²) < 4.78 is 0. The molecule has 2 nitrogen and oxygen atoms in total. The predicted molar refractivity (Wildman–Crippen MR) is 60.0 cm³/mol. The van der Waals surface area contributed by atoms with Crippen molar-refractivity contribution in [1.82, 2.24) is 4.90 Å². The minimum Gasteiger partial charge on any atom is -0.287 e. The summed E-state index contributed by atoms with van der Waals surface area (Å²) in [7, 11) is 0. The molecule has 1 aliphatic heterocycles. The molecule has 0 saturated carbocycles. The molecule has 1 heterocycles. The van der Waals surface area contributed by atoms with Crippen LogP contribution in [-0.2, 0) is 6.54 Å². The fourth-order valence-electron chi connectivity index (χ4n) is 1.89. The highest BCUT2D eigenvalue weighted by molar-refractivity contribution is 5.21. The molecule has 1 aromatic rings. The molecule has 0 bridgehead atoms. The summed E-state index contributed by atoms with van der Waals surface area (Å²) >= 11 is 0. The lowest BCUT2D eigenvalue weighted by molar-refractivity contribution is 0.497. The fourth-order valence-corrected chi connectivity index (χ4v) is 1.89. The summed E-state index contributed by atoms with van der Waals surface area (Å²) in [6, 6.07) is 13.5. The van der Waals surface area contributed by atoms with Gasteiger partial charge in [0, 0.05) is 24.7 Å². The lowest BCUT2D eigenvalue weighted by Gasteiger charge is -2.01. The zero-order valence-corrected chi connectivity index (χ0v) is 8.80. The molecule has 3 atom stereocenters. The summed E-state index contributed by atoms with van der Waals surface area (Å²) in [5.74, 6) is 0. The molecule has 0 spiro atoms. The third kappa shape index (κ3) is 2.26. The van der Waals surface area contributed by atoms with Gasteiger partial charge in [-0.25, -0.2) is 0 Å². The first kappa shape index (κ1) is 9.95. The molecule has 1 fully saturated rings. The van der Waals surface area contributed by atoms with E-state index in [4.69, 9.17) is 5.26 Å². The van der Waals surface area contributed by atoms with Crippen molar-refractivity contribution in [3.8, 4) is 6.07 Å². The highest BCUT2D eigenvalue weighted by atomic mass is 15.3. The van der Waals surface area contributed by atoms with E-state index in [1.807, 2.05) is 18.2 Å². The van der Waals surface area contributed by atoms with Crippen molar-refractivity contribution < 1.29 is 0 Å². The van der Waals surface area contributed by atoms with Gasteiger partial charge in [-0.1, -0.05) is 36.4 Å². The molecule has 0 N–H and O–H groups in total. The summed E-state index contributed by atoms with van der Waals surface area (Å²) in [5.41, 5.74) is 1.33. The number of benzene rings is 1. The maximum Gasteiger partial charge on any atom is 0.0909 e. The quantitative estimate of drug-likeness (QED) is 0.550. The molecule has 1 unspecified atom stereocenters. The molecule has 1 aliphatic rings. The third-order valence-electron chi connectivity index (χ3n) is 2.89. The Hall–Kier alpha value is -1.59. The predicted octanol–water partition coefficient (Wildman–Crippen LogP) is 2.34. The van der Waals surface area contributed by atoms with Crippen LogP contribution in [0.2, 0.25) is 0 Å². The van der Waals surface area contributed by atoms with Crippen LogP contribution in [0.25, 0.3) is 0 Å². The van der Waals surface area contributed by atoms with Crippen molar-refractivity contribution in [3.05, 3.63) is 48.0 Å². The zero-order valence-electron chi connectivity index (χ0n) is 8.80. The van der Waals surface area contributed by atoms with Crippen molar-refractivity contribution in [2.45, 2.75) is 25.6 Å². The number of allylic oxidation sites excluding steroid dienone is 1. The molecule has 15 heavy (non-hydrogen) atoms. The van der Waals surface area contributed by atoms with Gasteiger partial charge in [-0.2, -0.15) is 5.26 Å². The van der Waals surface area contributed by atoms with E-state index in [0.717, 1.165) is 6.54 Å². The van der Waals surface area contributed by atoms with Crippen LogP contribution in [0, 0.1) is 11.3 Å². The van der Waals surface area contributed by atoms with E-state index in [-0.39, 0.29) is 0 Å². The van der Waals surface area contributed by atoms with Gasteiger partial charge < -0.3 is 0 Å². The van der Waals surface area contributed by atoms with Crippen molar-refractivity contribution in [3.63, 3.8) is 0 Å². The van der Waals surface area contributed by atoms with E-state index in [1.165, 1.54) is 5.56 Å². The van der Waals surface area contributed by atoms with Crippen LogP contribution in [0.15, 0.2) is 42.5 Å². The van der Waals surface area contributed by atoms with Crippen LogP contribution >= 0.6 is 0 Å². The van der Waals surface area contributed by atoms with Crippen LogP contribution in [0.3, 0.4) is 0 Å². The number of nitrogens with zero attached hydrogens (tertiary/aromatic N) is 2. The maximum absolute atomic E-state index is 8.45. The fraction of sp³-hybridized carbons (Fsp3) is 0.308. The Morgan fingerprint density at radius 1 is 1.40 bits per heavy atom. The van der Waals surface area contributed by atoms with Gasteiger partial charge in [0.05, 0.1) is 6.07 Å². The first-order valence-corrected chi connectivity index (χ1v) is 5.19. The van der Waals surface area contributed by atoms with E-state index < -0.39 is 0 Å². The summed E-state index contributed by atoms with van der Waals surface area (Å²) in [4.78, 5) is 2.36. The second-order valence-corrected chi connectivity index (χ2v) is 3.88. The number of rotatable bonds is 3. The van der Waals surface area contributed by atoms with E-state index in [0.29, 0.717) is 12.1 Å². The third-order valence-corrected chi connectivity index (χ3v) is 2.89. The standard InChI is InChI=1S/C13H14N2/c1-11-13(8-5-9-14)15(11)10-12-6-3-2-4-7-12/h2-8,11,13H,10H2,1H3/b8-5-/t11-,13+,15?/m1/s1. The van der Waals surface area contributed by atoms with E-state index >= 15 is 0 Å². The lowest BCUT2D eigenvalue weighted by atomic mass is 10.2. The Bertz CT molecular complexity index is 389. The Kier molecular flexibility index (Phi) is 2.84. The topological polar surface area (TPSA) is 26.8 Å². The maximum atomic E-state index is 8.45. The molecular weight excluding hydrogens is 184 g/mol. The van der Waals surface area contributed by atoms with Crippen molar-refractivity contribution >= 4 is 0 Å². The van der Waals surface area contributed by atoms with E-state index in [1.54, 1.807) is 6.08 Å². The second kappa shape index (κ2) is 4.29. The van der Waals surface area contributed by atoms with Gasteiger partial charge in [0.15, 0.2) is 0 Å². The van der Waals surface area contributed by atoms with Crippen molar-refractivity contribution in [1.29, 1.82) is 5.26 Å². The average Bonchev–Trinajstić information content (AvgIpc) is 2.87. The van der Waals surface area contributed by atoms with E-state index in [2.05, 4.69) is 36.1 Å². The van der Waals surface area contributed by atoms with Crippen molar-refractivity contribution in [2.24, 2.45) is 0 Å². The monoisotopic (exact) mass is 198 g/mol. The SMILES string of the molecule is C[C@@H]1[C@H](/C=C\C#N)N1Cc1ccccc1. The molecule has 0 aliphatic carbocycles. The molecule has 1 aromatic carbocycles. The first-order chi connectivity index (χ1) is 7.33. The number of hydrogen-bond donors (Lipinski definition) is 0. The summed E-state index contributed by atoms with van der Waals surface area (Å²) in [6.45, 7) is 3.16. The number of nitriles is 1. The van der Waals surface area contributed by atoms with Gasteiger partial charge in [-0.15, -0.1) is 0 Å². The molecule has 1 saturated heterocycles. The van der Waals surface area contributed by atoms with Gasteiger partial charge in [0.1, 0.15) is 0 Å². The molecule has 0 aromatic heterocycles. The van der Waals surface area contributed by atoms with Crippen LogP contribution in [0.1, 0.15) is 12.5 Å². The van der Waals surface area contributed by atoms with Crippen LogP contribution in [0.5, 0.6) is 0 Å². The molecule has 0 amide bonds. The summed E-state index contributed by atoms with van der Waals surface area (Å²) in [6.07, 6.45) is 3.56. The lowest BCUT2D eigenvalue weighted by Crippen LogP contribution is -2.01.